The van der Waals surface area contributed by atoms with Crippen LogP contribution in [0.5, 0.6) is 0 Å². The van der Waals surface area contributed by atoms with E-state index in [-0.39, 0.29) is 5.91 Å². The van der Waals surface area contributed by atoms with Crippen LogP contribution in [-0.2, 0) is 17.6 Å². The van der Waals surface area contributed by atoms with Crippen molar-refractivity contribution < 1.29 is 4.79 Å². The van der Waals surface area contributed by atoms with Gasteiger partial charge in [0.05, 0.1) is 0 Å². The maximum Gasteiger partial charge on any atom is 0.243 e. The molecule has 19 heavy (non-hydrogen) atoms. The number of carbonyl (C=O) groups is 1. The number of carbonyl (C=O) groups excluding carboxylic acids is 1. The van der Waals surface area contributed by atoms with Gasteiger partial charge in [0.2, 0.25) is 11.0 Å². The van der Waals surface area contributed by atoms with Crippen molar-refractivity contribution in [2.24, 2.45) is 0 Å². The number of nitrogens with one attached hydrogen (secondary N) is 1. The average molecular weight is 296 g/mol. The van der Waals surface area contributed by atoms with E-state index in [4.69, 9.17) is 11.6 Å². The molecule has 2 aromatic rings. The van der Waals surface area contributed by atoms with Gasteiger partial charge < -0.3 is 0 Å². The molecule has 1 aromatic heterocycles. The van der Waals surface area contributed by atoms with Gasteiger partial charge in [-0.05, 0) is 18.9 Å². The van der Waals surface area contributed by atoms with E-state index in [0.717, 1.165) is 17.8 Å². The highest BCUT2D eigenvalue weighted by Gasteiger charge is 2.12. The van der Waals surface area contributed by atoms with Crippen LogP contribution in [0.3, 0.4) is 0 Å². The second-order valence-corrected chi connectivity index (χ2v) is 5.81. The second-order valence-electron chi connectivity index (χ2n) is 4.09. The Kier molecular flexibility index (Phi) is 4.87. The molecule has 0 aliphatic rings. The summed E-state index contributed by atoms with van der Waals surface area (Å²) < 4.78 is 0. The van der Waals surface area contributed by atoms with Crippen molar-refractivity contribution in [3.63, 3.8) is 0 Å². The highest BCUT2D eigenvalue weighted by molar-refractivity contribution is 7.15. The summed E-state index contributed by atoms with van der Waals surface area (Å²) in [4.78, 5) is 11.4. The Hall–Kier alpha value is -1.46. The van der Waals surface area contributed by atoms with Gasteiger partial charge in [-0.3, -0.25) is 10.1 Å². The van der Waals surface area contributed by atoms with Crippen LogP contribution in [0.25, 0.3) is 0 Å². The lowest BCUT2D eigenvalue weighted by atomic mass is 10.1. The van der Waals surface area contributed by atoms with Crippen molar-refractivity contribution in [1.29, 1.82) is 0 Å². The third-order valence-corrected chi connectivity index (χ3v) is 3.63. The minimum absolute atomic E-state index is 0.257. The molecule has 0 fully saturated rings. The average Bonchev–Trinajstić information content (AvgIpc) is 2.85. The third-order valence-electron chi connectivity index (χ3n) is 2.53. The summed E-state index contributed by atoms with van der Waals surface area (Å²) in [5.74, 6) is -0.257. The number of halogens is 1. The lowest BCUT2D eigenvalue weighted by Crippen LogP contribution is -2.20. The summed E-state index contributed by atoms with van der Waals surface area (Å²) in [6.07, 6.45) is 1.73. The molecule has 1 aromatic carbocycles. The van der Waals surface area contributed by atoms with E-state index in [1.54, 1.807) is 6.92 Å². The molecule has 0 aliphatic carbocycles. The molecule has 0 spiro atoms. The lowest BCUT2D eigenvalue weighted by molar-refractivity contribution is -0.115. The molecule has 0 unspecified atom stereocenters. The lowest BCUT2D eigenvalue weighted by Gasteiger charge is -2.00. The van der Waals surface area contributed by atoms with Crippen LogP contribution >= 0.6 is 22.9 Å². The highest BCUT2D eigenvalue weighted by Crippen LogP contribution is 2.17. The Morgan fingerprint density at radius 1 is 1.32 bits per heavy atom. The highest BCUT2D eigenvalue weighted by atomic mass is 35.5. The number of hydrogen-bond acceptors (Lipinski definition) is 4. The fourth-order valence-corrected chi connectivity index (χ4v) is 2.30. The first-order valence-electron chi connectivity index (χ1n) is 5.96. The molecule has 6 heteroatoms. The zero-order valence-electron chi connectivity index (χ0n) is 10.5. The molecular weight excluding hydrogens is 282 g/mol. The normalized spacial score (nSPS) is 12.1. The first-order chi connectivity index (χ1) is 9.15. The zero-order valence-corrected chi connectivity index (χ0v) is 12.0. The second kappa shape index (κ2) is 6.63. The fraction of sp³-hybridized carbons (Fsp3) is 0.308. The van der Waals surface area contributed by atoms with Crippen molar-refractivity contribution in [3.8, 4) is 0 Å². The zero-order chi connectivity index (χ0) is 13.7. The van der Waals surface area contributed by atoms with Crippen LogP contribution in [-0.4, -0.2) is 21.5 Å². The quantitative estimate of drug-likeness (QED) is 0.863. The maximum absolute atomic E-state index is 11.4. The van der Waals surface area contributed by atoms with E-state index >= 15 is 0 Å². The minimum Gasteiger partial charge on any atom is -0.299 e. The van der Waals surface area contributed by atoms with Gasteiger partial charge in [0.15, 0.2) is 0 Å². The van der Waals surface area contributed by atoms with Crippen LogP contribution in [0.2, 0.25) is 0 Å². The van der Waals surface area contributed by atoms with Crippen molar-refractivity contribution >= 4 is 34.0 Å². The van der Waals surface area contributed by atoms with Crippen molar-refractivity contribution in [3.05, 3.63) is 40.9 Å². The van der Waals surface area contributed by atoms with E-state index in [1.165, 1.54) is 16.9 Å². The number of alkyl halides is 1. The van der Waals surface area contributed by atoms with Gasteiger partial charge in [-0.25, -0.2) is 0 Å². The summed E-state index contributed by atoms with van der Waals surface area (Å²) in [7, 11) is 0. The molecule has 1 N–H and O–H groups in total. The number of benzene rings is 1. The van der Waals surface area contributed by atoms with Gasteiger partial charge in [-0.15, -0.1) is 21.8 Å². The summed E-state index contributed by atoms with van der Waals surface area (Å²) in [5.41, 5.74) is 1.26. The van der Waals surface area contributed by atoms with E-state index in [2.05, 4.69) is 27.6 Å². The van der Waals surface area contributed by atoms with E-state index in [1.807, 2.05) is 18.2 Å². The van der Waals surface area contributed by atoms with E-state index < -0.39 is 5.38 Å². The number of nitrogens with zero attached hydrogens (tertiary/aromatic N) is 2. The fourth-order valence-electron chi connectivity index (χ4n) is 1.51. The smallest absolute Gasteiger partial charge is 0.243 e. The number of amides is 1. The van der Waals surface area contributed by atoms with Crippen LogP contribution in [0.15, 0.2) is 30.3 Å². The number of anilines is 1. The number of hydrogen-bond donors (Lipinski definition) is 1. The van der Waals surface area contributed by atoms with Gasteiger partial charge in [-0.1, -0.05) is 41.7 Å². The molecule has 0 saturated carbocycles. The van der Waals surface area contributed by atoms with Gasteiger partial charge in [0, 0.05) is 6.42 Å². The largest absolute Gasteiger partial charge is 0.299 e. The molecule has 0 radical (unpaired) electrons. The van der Waals surface area contributed by atoms with Crippen LogP contribution in [0.1, 0.15) is 17.5 Å². The van der Waals surface area contributed by atoms with E-state index in [0.29, 0.717) is 5.13 Å². The standard InChI is InChI=1S/C13H14ClN3OS/c1-9(14)12(18)15-13-17-16-11(19-13)8-7-10-5-3-2-4-6-10/h2-6,9H,7-8H2,1H3,(H,15,17,18)/t9-/m1/s1. The number of aromatic nitrogens is 2. The predicted molar refractivity (Wildman–Crippen MR) is 77.7 cm³/mol. The maximum atomic E-state index is 11.4. The molecule has 0 aliphatic heterocycles. The summed E-state index contributed by atoms with van der Waals surface area (Å²) in [5, 5.41) is 11.4. The minimum atomic E-state index is -0.573. The number of rotatable bonds is 5. The van der Waals surface area contributed by atoms with Gasteiger partial charge in [0.1, 0.15) is 10.4 Å². The van der Waals surface area contributed by atoms with Crippen molar-refractivity contribution in [2.45, 2.75) is 25.1 Å². The Morgan fingerprint density at radius 3 is 2.74 bits per heavy atom. The molecule has 4 nitrogen and oxygen atoms in total. The molecule has 0 bridgehead atoms. The monoisotopic (exact) mass is 295 g/mol. The Bertz CT molecular complexity index is 542. The summed E-state index contributed by atoms with van der Waals surface area (Å²) in [6.45, 7) is 1.62. The topological polar surface area (TPSA) is 54.9 Å². The third kappa shape index (κ3) is 4.29. The number of aryl methyl sites for hydroxylation is 2. The van der Waals surface area contributed by atoms with Gasteiger partial charge in [0.25, 0.3) is 0 Å². The Labute approximate surface area is 120 Å². The van der Waals surface area contributed by atoms with Crippen molar-refractivity contribution in [2.75, 3.05) is 5.32 Å². The summed E-state index contributed by atoms with van der Waals surface area (Å²) in [6, 6.07) is 10.2. The van der Waals surface area contributed by atoms with Gasteiger partial charge in [-0.2, -0.15) is 0 Å². The Morgan fingerprint density at radius 2 is 2.05 bits per heavy atom. The molecule has 1 heterocycles. The van der Waals surface area contributed by atoms with Crippen LogP contribution in [0, 0.1) is 0 Å². The van der Waals surface area contributed by atoms with Gasteiger partial charge >= 0.3 is 0 Å². The molecule has 2 rings (SSSR count). The molecular formula is C13H14ClN3OS. The van der Waals surface area contributed by atoms with Crippen molar-refractivity contribution in [1.82, 2.24) is 10.2 Å². The molecule has 0 saturated heterocycles. The predicted octanol–water partition coefficient (Wildman–Crippen LogP) is 2.89. The molecule has 100 valence electrons. The Balaban J connectivity index is 1.89. The SMILES string of the molecule is C[C@@H](Cl)C(=O)Nc1nnc(CCc2ccccc2)s1. The first-order valence-corrected chi connectivity index (χ1v) is 7.21. The van der Waals surface area contributed by atoms with Crippen LogP contribution in [0.4, 0.5) is 5.13 Å². The van der Waals surface area contributed by atoms with E-state index in [9.17, 15) is 4.79 Å². The first kappa shape index (κ1) is 14.0. The molecule has 1 amide bonds. The van der Waals surface area contributed by atoms with Crippen LogP contribution < -0.4 is 5.32 Å². The summed E-state index contributed by atoms with van der Waals surface area (Å²) >= 11 is 7.06. The molecule has 1 atom stereocenters.